The highest BCUT2D eigenvalue weighted by atomic mass is 16.8. The molecular weight excluding hydrogens is 276 g/mol. The van der Waals surface area contributed by atoms with E-state index in [1.807, 2.05) is 0 Å². The van der Waals surface area contributed by atoms with E-state index in [0.29, 0.717) is 10.3 Å². The van der Waals surface area contributed by atoms with Gasteiger partial charge in [-0.15, -0.1) is 4.73 Å². The maximum Gasteiger partial charge on any atom is 0.534 e. The maximum atomic E-state index is 11.7. The van der Waals surface area contributed by atoms with Gasteiger partial charge in [0.25, 0.3) is 6.54 Å². The van der Waals surface area contributed by atoms with Crippen LogP contribution in [0.3, 0.4) is 0 Å². The van der Waals surface area contributed by atoms with E-state index in [1.165, 1.54) is 0 Å². The van der Waals surface area contributed by atoms with Gasteiger partial charge < -0.3 is 19.8 Å². The zero-order valence-corrected chi connectivity index (χ0v) is 10.8. The molecule has 1 aromatic heterocycles. The van der Waals surface area contributed by atoms with E-state index in [0.717, 1.165) is 12.1 Å². The fourth-order valence-corrected chi connectivity index (χ4v) is 1.67. The minimum Gasteiger partial charge on any atom is -0.492 e. The molecule has 0 saturated carbocycles. The average Bonchev–Trinajstić information content (AvgIpc) is 2.79. The Kier molecular flexibility index (Phi) is 4.31. The molecule has 0 aliphatic rings. The predicted octanol–water partition coefficient (Wildman–Crippen LogP) is 2.13. The molecule has 2 N–H and O–H groups in total. The second kappa shape index (κ2) is 6.34. The van der Waals surface area contributed by atoms with Gasteiger partial charge in [-0.2, -0.15) is 0 Å². The molecule has 1 unspecified atom stereocenters. The van der Waals surface area contributed by atoms with E-state index in [9.17, 15) is 15.0 Å². The van der Waals surface area contributed by atoms with Gasteiger partial charge in [0.1, 0.15) is 0 Å². The third-order valence-corrected chi connectivity index (χ3v) is 2.63. The second-order valence-corrected chi connectivity index (χ2v) is 4.04. The summed E-state index contributed by atoms with van der Waals surface area (Å²) >= 11 is 0. The molecule has 1 heterocycles. The molecule has 0 amide bonds. The van der Waals surface area contributed by atoms with Gasteiger partial charge in [0.2, 0.25) is 17.9 Å². The highest BCUT2D eigenvalue weighted by molar-refractivity contribution is 5.61. The molecule has 1 aromatic carbocycles. The topological polar surface area (TPSA) is 85.3 Å². The summed E-state index contributed by atoms with van der Waals surface area (Å²) < 4.78 is 5.56. The van der Waals surface area contributed by atoms with Crippen molar-refractivity contribution in [1.29, 1.82) is 0 Å². The van der Waals surface area contributed by atoms with Crippen molar-refractivity contribution < 1.29 is 24.6 Å². The molecule has 0 aliphatic carbocycles. The Morgan fingerprint density at radius 1 is 1.19 bits per heavy atom. The molecule has 0 fully saturated rings. The number of hydrogen-bond acceptors (Lipinski definition) is 5. The summed E-state index contributed by atoms with van der Waals surface area (Å²) in [6.07, 6.45) is -1.94. The highest BCUT2D eigenvalue weighted by Crippen LogP contribution is 2.21. The van der Waals surface area contributed by atoms with Crippen LogP contribution >= 0.6 is 0 Å². The van der Waals surface area contributed by atoms with Crippen LogP contribution in [0.1, 0.15) is 11.7 Å². The number of rotatable bonds is 4. The first-order valence-corrected chi connectivity index (χ1v) is 5.98. The number of aromatic hydroxyl groups is 2. The highest BCUT2D eigenvalue weighted by Gasteiger charge is 2.22. The Morgan fingerprint density at radius 3 is 2.38 bits per heavy atom. The summed E-state index contributed by atoms with van der Waals surface area (Å²) in [5, 5.41) is 18.7. The van der Waals surface area contributed by atoms with Crippen LogP contribution in [0.25, 0.3) is 4.85 Å². The number of aromatic nitrogens is 1. The number of benzene rings is 1. The van der Waals surface area contributed by atoms with Crippen LogP contribution < -0.4 is 4.84 Å². The second-order valence-electron chi connectivity index (χ2n) is 4.04. The summed E-state index contributed by atoms with van der Waals surface area (Å²) in [4.78, 5) is 19.6. The molecule has 2 rings (SSSR count). The normalized spacial score (nSPS) is 11.4. The average molecular weight is 288 g/mol. The molecule has 1 atom stereocenters. The van der Waals surface area contributed by atoms with Crippen LogP contribution in [0, 0.1) is 6.57 Å². The third kappa shape index (κ3) is 3.45. The van der Waals surface area contributed by atoms with Crippen LogP contribution in [0.15, 0.2) is 42.5 Å². The van der Waals surface area contributed by atoms with Crippen molar-refractivity contribution in [2.45, 2.75) is 6.10 Å². The zero-order chi connectivity index (χ0) is 15.2. The van der Waals surface area contributed by atoms with Gasteiger partial charge in [0.15, 0.2) is 0 Å². The quantitative estimate of drug-likeness (QED) is 0.665. The summed E-state index contributed by atoms with van der Waals surface area (Å²) in [6.45, 7) is 6.83. The van der Waals surface area contributed by atoms with Gasteiger partial charge in [0, 0.05) is 17.7 Å². The predicted molar refractivity (Wildman–Crippen MR) is 71.5 cm³/mol. The molecule has 2 aromatic rings. The van der Waals surface area contributed by atoms with E-state index >= 15 is 0 Å². The van der Waals surface area contributed by atoms with Gasteiger partial charge >= 0.3 is 6.16 Å². The van der Waals surface area contributed by atoms with Crippen LogP contribution in [0.2, 0.25) is 0 Å². The van der Waals surface area contributed by atoms with Crippen LogP contribution in [-0.4, -0.2) is 27.6 Å². The summed E-state index contributed by atoms with van der Waals surface area (Å²) in [5.74, 6) is -0.906. The van der Waals surface area contributed by atoms with Gasteiger partial charge in [0.05, 0.1) is 0 Å². The molecule has 21 heavy (non-hydrogen) atoms. The number of nitrogens with zero attached hydrogens (tertiary/aromatic N) is 2. The summed E-state index contributed by atoms with van der Waals surface area (Å²) in [7, 11) is 0. The minimum absolute atomic E-state index is 0.0667. The molecular formula is C14H12N2O5. The molecule has 108 valence electrons. The lowest BCUT2D eigenvalue weighted by Gasteiger charge is -2.13. The zero-order valence-electron chi connectivity index (χ0n) is 10.8. The van der Waals surface area contributed by atoms with Crippen LogP contribution in [0.4, 0.5) is 4.79 Å². The molecule has 7 heteroatoms. The first-order chi connectivity index (χ1) is 10.1. The lowest BCUT2D eigenvalue weighted by molar-refractivity contribution is 0.0127. The molecule has 0 bridgehead atoms. The van der Waals surface area contributed by atoms with Crippen molar-refractivity contribution in [3.63, 3.8) is 0 Å². The number of carbonyl (C=O) groups excluding carboxylic acids is 1. The van der Waals surface area contributed by atoms with Crippen molar-refractivity contribution >= 4 is 6.16 Å². The fourth-order valence-electron chi connectivity index (χ4n) is 1.67. The standard InChI is InChI=1S/C14H12N2O5/c1-15-9-11(10-5-3-2-4-6-10)20-14(19)21-16-12(17)7-8-13(16)18/h2-8,11,17-18H,9H2. The minimum atomic E-state index is -1.14. The summed E-state index contributed by atoms with van der Waals surface area (Å²) in [6, 6.07) is 11.0. The monoisotopic (exact) mass is 288 g/mol. The van der Waals surface area contributed by atoms with E-state index in [4.69, 9.17) is 11.3 Å². The molecule has 0 saturated heterocycles. The first kappa shape index (κ1) is 14.3. The Labute approximate surface area is 120 Å². The Hall–Kier alpha value is -3.14. The largest absolute Gasteiger partial charge is 0.534 e. The lowest BCUT2D eigenvalue weighted by Crippen LogP contribution is -2.23. The van der Waals surface area contributed by atoms with E-state index in [1.54, 1.807) is 30.3 Å². The van der Waals surface area contributed by atoms with Crippen molar-refractivity contribution in [3.8, 4) is 11.8 Å². The van der Waals surface area contributed by atoms with Gasteiger partial charge in [-0.05, 0) is 0 Å². The van der Waals surface area contributed by atoms with Crippen molar-refractivity contribution in [2.75, 3.05) is 6.54 Å². The number of ether oxygens (including phenoxy) is 1. The van der Waals surface area contributed by atoms with Crippen LogP contribution in [0.5, 0.6) is 11.8 Å². The van der Waals surface area contributed by atoms with E-state index in [-0.39, 0.29) is 6.54 Å². The van der Waals surface area contributed by atoms with Gasteiger partial charge in [-0.25, -0.2) is 11.4 Å². The Balaban J connectivity index is 2.08. The number of carbonyl (C=O) groups is 1. The number of hydrogen-bond donors (Lipinski definition) is 2. The smallest absolute Gasteiger partial charge is 0.492 e. The molecule has 0 aliphatic heterocycles. The van der Waals surface area contributed by atoms with Crippen LogP contribution in [-0.2, 0) is 4.74 Å². The first-order valence-electron chi connectivity index (χ1n) is 5.98. The molecule has 0 radical (unpaired) electrons. The van der Waals surface area contributed by atoms with Gasteiger partial charge in [-0.3, -0.25) is 4.84 Å². The van der Waals surface area contributed by atoms with Gasteiger partial charge in [-0.1, -0.05) is 30.3 Å². The fraction of sp³-hybridized carbons (Fsp3) is 0.143. The van der Waals surface area contributed by atoms with Crippen molar-refractivity contribution in [2.24, 2.45) is 0 Å². The van der Waals surface area contributed by atoms with E-state index in [2.05, 4.69) is 9.68 Å². The maximum absolute atomic E-state index is 11.7. The third-order valence-electron chi connectivity index (χ3n) is 2.63. The Bertz CT molecular complexity index is 640. The molecule has 7 nitrogen and oxygen atoms in total. The van der Waals surface area contributed by atoms with Crippen molar-refractivity contribution in [3.05, 3.63) is 59.4 Å². The summed E-state index contributed by atoms with van der Waals surface area (Å²) in [5.41, 5.74) is 0.645. The lowest BCUT2D eigenvalue weighted by atomic mass is 10.1. The van der Waals surface area contributed by atoms with E-state index < -0.39 is 24.0 Å². The SMILES string of the molecule is [C-]#[N+]CC(OC(=O)On1c(O)ccc1O)c1ccccc1. The Morgan fingerprint density at radius 2 is 1.81 bits per heavy atom. The van der Waals surface area contributed by atoms with Crippen molar-refractivity contribution in [1.82, 2.24) is 4.73 Å². The molecule has 0 spiro atoms.